The lowest BCUT2D eigenvalue weighted by Crippen LogP contribution is -2.23. The number of hydrogen-bond donors (Lipinski definition) is 2. The summed E-state index contributed by atoms with van der Waals surface area (Å²) in [4.78, 5) is 3.93. The molecule has 0 bridgehead atoms. The van der Waals surface area contributed by atoms with Crippen molar-refractivity contribution in [2.45, 2.75) is 20.3 Å². The molecule has 0 saturated heterocycles. The van der Waals surface area contributed by atoms with Gasteiger partial charge in [-0.15, -0.1) is 0 Å². The van der Waals surface area contributed by atoms with Crippen LogP contribution in [0.3, 0.4) is 0 Å². The number of hydrogen-bond acceptors (Lipinski definition) is 1. The first kappa shape index (κ1) is 12.4. The fraction of sp³-hybridized carbons (Fsp3) is 0.364. The minimum Gasteiger partial charge on any atom is -0.370 e. The molecular weight excluding hydrogens is 212 g/mol. The molecule has 0 heterocycles. The number of anilines is 1. The van der Waals surface area contributed by atoms with E-state index in [2.05, 4.69) is 10.3 Å². The van der Waals surface area contributed by atoms with E-state index in [1.54, 1.807) is 0 Å². The summed E-state index contributed by atoms with van der Waals surface area (Å²) in [5.41, 5.74) is 5.76. The molecule has 0 aromatic heterocycles. The van der Waals surface area contributed by atoms with Crippen LogP contribution in [-0.4, -0.2) is 12.5 Å². The topological polar surface area (TPSA) is 50.4 Å². The number of nitrogens with one attached hydrogen (secondary N) is 1. The highest BCUT2D eigenvalue weighted by molar-refractivity contribution is 5.92. The zero-order valence-electron chi connectivity index (χ0n) is 9.35. The molecule has 0 radical (unpaired) electrons. The van der Waals surface area contributed by atoms with Crippen LogP contribution < -0.4 is 11.1 Å². The quantitative estimate of drug-likeness (QED) is 0.615. The van der Waals surface area contributed by atoms with E-state index in [0.717, 1.165) is 18.6 Å². The number of benzene rings is 1. The van der Waals surface area contributed by atoms with Crippen LogP contribution in [0.15, 0.2) is 17.1 Å². The highest BCUT2D eigenvalue weighted by atomic mass is 19.1. The van der Waals surface area contributed by atoms with Crippen molar-refractivity contribution in [3.05, 3.63) is 29.3 Å². The molecule has 0 fully saturated rings. The summed E-state index contributed by atoms with van der Waals surface area (Å²) in [7, 11) is 0. The average Bonchev–Trinajstić information content (AvgIpc) is 2.23. The van der Waals surface area contributed by atoms with Gasteiger partial charge in [0.05, 0.1) is 5.69 Å². The van der Waals surface area contributed by atoms with Crippen LogP contribution in [0.1, 0.15) is 18.9 Å². The predicted molar refractivity (Wildman–Crippen MR) is 61.5 cm³/mol. The third-order valence-electron chi connectivity index (χ3n) is 2.02. The monoisotopic (exact) mass is 227 g/mol. The molecule has 0 aliphatic carbocycles. The van der Waals surface area contributed by atoms with Crippen LogP contribution in [0.4, 0.5) is 14.5 Å². The third kappa shape index (κ3) is 3.18. The summed E-state index contributed by atoms with van der Waals surface area (Å²) in [6.45, 7) is 3.99. The van der Waals surface area contributed by atoms with E-state index in [0.29, 0.717) is 6.54 Å². The smallest absolute Gasteiger partial charge is 0.193 e. The number of nitrogens with zero attached hydrogens (tertiary/aromatic N) is 1. The van der Waals surface area contributed by atoms with Crippen molar-refractivity contribution in [2.75, 3.05) is 11.9 Å². The SMILES string of the molecule is CCCN=C(N)Nc1cc(F)c(C)cc1F. The van der Waals surface area contributed by atoms with Crippen molar-refractivity contribution in [3.63, 3.8) is 0 Å². The minimum absolute atomic E-state index is 0.000420. The molecule has 3 nitrogen and oxygen atoms in total. The van der Waals surface area contributed by atoms with Gasteiger partial charge < -0.3 is 11.1 Å². The fourth-order valence-electron chi connectivity index (χ4n) is 1.15. The van der Waals surface area contributed by atoms with Gasteiger partial charge in [-0.1, -0.05) is 6.92 Å². The van der Waals surface area contributed by atoms with E-state index in [1.165, 1.54) is 6.92 Å². The van der Waals surface area contributed by atoms with Crippen molar-refractivity contribution < 1.29 is 8.78 Å². The van der Waals surface area contributed by atoms with Crippen LogP contribution in [0.5, 0.6) is 0 Å². The van der Waals surface area contributed by atoms with E-state index in [9.17, 15) is 8.78 Å². The Balaban J connectivity index is 2.85. The Morgan fingerprint density at radius 3 is 2.69 bits per heavy atom. The first-order chi connectivity index (χ1) is 7.54. The summed E-state index contributed by atoms with van der Waals surface area (Å²) >= 11 is 0. The van der Waals surface area contributed by atoms with Crippen molar-refractivity contribution in [2.24, 2.45) is 10.7 Å². The zero-order valence-corrected chi connectivity index (χ0v) is 9.35. The second kappa shape index (κ2) is 5.44. The van der Waals surface area contributed by atoms with E-state index >= 15 is 0 Å². The molecule has 3 N–H and O–H groups in total. The Kier molecular flexibility index (Phi) is 4.22. The maximum atomic E-state index is 13.4. The summed E-state index contributed by atoms with van der Waals surface area (Å²) in [5.74, 6) is -0.940. The van der Waals surface area contributed by atoms with E-state index < -0.39 is 11.6 Å². The fourth-order valence-corrected chi connectivity index (χ4v) is 1.15. The van der Waals surface area contributed by atoms with Gasteiger partial charge in [0.1, 0.15) is 11.6 Å². The first-order valence-electron chi connectivity index (χ1n) is 5.07. The highest BCUT2D eigenvalue weighted by Gasteiger charge is 2.07. The maximum absolute atomic E-state index is 13.4. The van der Waals surface area contributed by atoms with Gasteiger partial charge in [0.15, 0.2) is 5.96 Å². The van der Waals surface area contributed by atoms with Gasteiger partial charge >= 0.3 is 0 Å². The van der Waals surface area contributed by atoms with Crippen LogP contribution >= 0.6 is 0 Å². The van der Waals surface area contributed by atoms with Gasteiger partial charge in [-0.05, 0) is 25.0 Å². The van der Waals surface area contributed by atoms with Crippen LogP contribution in [0.2, 0.25) is 0 Å². The van der Waals surface area contributed by atoms with Gasteiger partial charge in [-0.3, -0.25) is 4.99 Å². The Labute approximate surface area is 93.4 Å². The van der Waals surface area contributed by atoms with Gasteiger partial charge in [-0.2, -0.15) is 0 Å². The van der Waals surface area contributed by atoms with Crippen LogP contribution in [-0.2, 0) is 0 Å². The van der Waals surface area contributed by atoms with Crippen molar-refractivity contribution in [1.29, 1.82) is 0 Å². The molecule has 1 rings (SSSR count). The van der Waals surface area contributed by atoms with Crippen LogP contribution in [0.25, 0.3) is 0 Å². The molecule has 0 saturated carbocycles. The molecular formula is C11H15F2N3. The lowest BCUT2D eigenvalue weighted by Gasteiger charge is -2.08. The number of aliphatic imine (C=N–C) groups is 1. The number of nitrogens with two attached hydrogens (primary N) is 1. The molecule has 0 aliphatic rings. The molecule has 88 valence electrons. The Hall–Kier alpha value is -1.65. The largest absolute Gasteiger partial charge is 0.370 e. The number of halogens is 2. The zero-order chi connectivity index (χ0) is 12.1. The summed E-state index contributed by atoms with van der Waals surface area (Å²) in [6, 6.07) is 2.18. The van der Waals surface area contributed by atoms with Gasteiger partial charge in [-0.25, -0.2) is 8.78 Å². The maximum Gasteiger partial charge on any atom is 0.193 e. The molecule has 0 unspecified atom stereocenters. The normalized spacial score (nSPS) is 11.6. The highest BCUT2D eigenvalue weighted by Crippen LogP contribution is 2.18. The predicted octanol–water partition coefficient (Wildman–Crippen LogP) is 2.41. The Bertz CT molecular complexity index is 402. The number of aryl methyl sites for hydroxylation is 1. The summed E-state index contributed by atoms with van der Waals surface area (Å²) in [5, 5.41) is 2.53. The second-order valence-corrected chi connectivity index (χ2v) is 3.47. The van der Waals surface area contributed by atoms with E-state index in [-0.39, 0.29) is 17.2 Å². The Morgan fingerprint density at radius 2 is 2.06 bits per heavy atom. The van der Waals surface area contributed by atoms with Gasteiger partial charge in [0.25, 0.3) is 0 Å². The molecule has 5 heteroatoms. The molecule has 1 aromatic rings. The molecule has 0 amide bonds. The summed E-state index contributed by atoms with van der Waals surface area (Å²) < 4.78 is 26.5. The second-order valence-electron chi connectivity index (χ2n) is 3.47. The van der Waals surface area contributed by atoms with E-state index in [4.69, 9.17) is 5.73 Å². The lowest BCUT2D eigenvalue weighted by molar-refractivity contribution is 0.596. The van der Waals surface area contributed by atoms with Crippen molar-refractivity contribution in [1.82, 2.24) is 0 Å². The number of guanidine groups is 1. The van der Waals surface area contributed by atoms with Crippen LogP contribution in [0, 0.1) is 18.6 Å². The average molecular weight is 227 g/mol. The standard InChI is InChI=1S/C11H15F2N3/c1-3-4-15-11(14)16-10-6-8(12)7(2)5-9(10)13/h5-6H,3-4H2,1-2H3,(H3,14,15,16). The summed E-state index contributed by atoms with van der Waals surface area (Å²) in [6.07, 6.45) is 0.840. The molecule has 0 atom stereocenters. The van der Waals surface area contributed by atoms with Gasteiger partial charge in [0, 0.05) is 12.6 Å². The Morgan fingerprint density at radius 1 is 1.38 bits per heavy atom. The molecule has 1 aromatic carbocycles. The minimum atomic E-state index is -0.548. The third-order valence-corrected chi connectivity index (χ3v) is 2.02. The molecule has 0 spiro atoms. The molecule has 0 aliphatic heterocycles. The van der Waals surface area contributed by atoms with Crippen molar-refractivity contribution >= 4 is 11.6 Å². The van der Waals surface area contributed by atoms with Crippen molar-refractivity contribution in [3.8, 4) is 0 Å². The first-order valence-corrected chi connectivity index (χ1v) is 5.07. The van der Waals surface area contributed by atoms with Gasteiger partial charge in [0.2, 0.25) is 0 Å². The van der Waals surface area contributed by atoms with E-state index in [1.807, 2.05) is 6.92 Å². The number of rotatable bonds is 3. The molecule has 16 heavy (non-hydrogen) atoms. The lowest BCUT2D eigenvalue weighted by atomic mass is 10.2.